The van der Waals surface area contributed by atoms with Crippen LogP contribution in [-0.2, 0) is 18.2 Å². The van der Waals surface area contributed by atoms with E-state index < -0.39 is 0 Å². The maximum absolute atomic E-state index is 6.47. The molecule has 0 aliphatic heterocycles. The van der Waals surface area contributed by atoms with Gasteiger partial charge in [0.15, 0.2) is 0 Å². The number of imidazole rings is 1. The lowest BCUT2D eigenvalue weighted by Crippen LogP contribution is -3.00. The minimum atomic E-state index is -0.0406. The highest BCUT2D eigenvalue weighted by atomic mass is 79.9. The summed E-state index contributed by atoms with van der Waals surface area (Å²) < 4.78 is 10.7. The Morgan fingerprint density at radius 1 is 1.08 bits per heavy atom. The number of benzene rings is 1. The predicted molar refractivity (Wildman–Crippen MR) is 98.3 cm³/mol. The van der Waals surface area contributed by atoms with Gasteiger partial charge in [-0.2, -0.15) is 4.57 Å². The lowest BCUT2D eigenvalue weighted by Gasteiger charge is -2.23. The van der Waals surface area contributed by atoms with Gasteiger partial charge in [-0.25, -0.2) is 4.57 Å². The molecule has 0 N–H and O–H groups in total. The van der Waals surface area contributed by atoms with Crippen molar-refractivity contribution in [3.8, 4) is 0 Å². The second-order valence-corrected chi connectivity index (χ2v) is 7.11. The van der Waals surface area contributed by atoms with Crippen molar-refractivity contribution >= 4 is 0 Å². The van der Waals surface area contributed by atoms with Gasteiger partial charge in [0.1, 0.15) is 12.4 Å². The molecular formula is C21H31BrN2O. The van der Waals surface area contributed by atoms with Crippen molar-refractivity contribution in [2.24, 2.45) is 18.9 Å². The number of ether oxygens (including phenoxy) is 1. The first-order chi connectivity index (χ1) is 11.4. The highest BCUT2D eigenvalue weighted by molar-refractivity contribution is 5.16. The molecule has 0 spiro atoms. The molecule has 1 heterocycles. The van der Waals surface area contributed by atoms with Crippen molar-refractivity contribution < 1.29 is 26.3 Å². The van der Waals surface area contributed by atoms with Crippen LogP contribution in [0.2, 0.25) is 0 Å². The van der Waals surface area contributed by atoms with E-state index in [1.165, 1.54) is 11.1 Å². The molecule has 0 bridgehead atoms. The fraction of sp³-hybridized carbons (Fsp3) is 0.476. The second kappa shape index (κ2) is 9.81. The van der Waals surface area contributed by atoms with Crippen LogP contribution in [0.1, 0.15) is 46.4 Å². The van der Waals surface area contributed by atoms with Crippen molar-refractivity contribution in [2.45, 2.75) is 47.3 Å². The van der Waals surface area contributed by atoms with Crippen molar-refractivity contribution in [3.63, 3.8) is 0 Å². The summed E-state index contributed by atoms with van der Waals surface area (Å²) in [5.41, 5.74) is 2.67. The van der Waals surface area contributed by atoms with Crippen LogP contribution in [0.4, 0.5) is 0 Å². The average Bonchev–Trinajstić information content (AvgIpc) is 2.93. The van der Waals surface area contributed by atoms with Gasteiger partial charge in [0.25, 0.3) is 0 Å². The SMILES string of the molecule is CC(OC(Cc1ccccc1)n1cc[n+](C)c1)=C(C(C)C)C(C)C.[Br-]. The lowest BCUT2D eigenvalue weighted by atomic mass is 9.91. The van der Waals surface area contributed by atoms with Gasteiger partial charge in [-0.15, -0.1) is 0 Å². The molecule has 0 radical (unpaired) electrons. The summed E-state index contributed by atoms with van der Waals surface area (Å²) in [5, 5.41) is 0. The normalized spacial score (nSPS) is 12.0. The largest absolute Gasteiger partial charge is 1.00 e. The predicted octanol–water partition coefficient (Wildman–Crippen LogP) is 1.66. The fourth-order valence-corrected chi connectivity index (χ4v) is 3.42. The molecule has 0 amide bonds. The monoisotopic (exact) mass is 406 g/mol. The van der Waals surface area contributed by atoms with Gasteiger partial charge in [0.05, 0.1) is 19.2 Å². The number of hydrogen-bond donors (Lipinski definition) is 0. The Balaban J connectivity index is 0.00000312. The third-order valence-electron chi connectivity index (χ3n) is 4.34. The molecule has 25 heavy (non-hydrogen) atoms. The van der Waals surface area contributed by atoms with E-state index in [0.717, 1.165) is 12.2 Å². The van der Waals surface area contributed by atoms with Crippen LogP contribution in [0.5, 0.6) is 0 Å². The molecule has 0 saturated carbocycles. The number of nitrogens with zero attached hydrogens (tertiary/aromatic N) is 2. The number of aryl methyl sites for hydroxylation is 1. The van der Waals surface area contributed by atoms with Crippen LogP contribution in [0.3, 0.4) is 0 Å². The molecule has 1 aromatic heterocycles. The zero-order chi connectivity index (χ0) is 17.7. The maximum atomic E-state index is 6.47. The summed E-state index contributed by atoms with van der Waals surface area (Å²) in [5.74, 6) is 2.03. The van der Waals surface area contributed by atoms with Crippen LogP contribution >= 0.6 is 0 Å². The Kier molecular flexibility index (Phi) is 8.43. The number of halogens is 1. The molecule has 0 saturated heterocycles. The molecule has 2 aromatic rings. The van der Waals surface area contributed by atoms with E-state index in [4.69, 9.17) is 4.74 Å². The second-order valence-electron chi connectivity index (χ2n) is 7.11. The number of hydrogen-bond acceptors (Lipinski definition) is 1. The van der Waals surface area contributed by atoms with Crippen LogP contribution in [0, 0.1) is 11.8 Å². The van der Waals surface area contributed by atoms with Crippen molar-refractivity contribution in [2.75, 3.05) is 0 Å². The summed E-state index contributed by atoms with van der Waals surface area (Å²) in [6.07, 6.45) is 7.00. The van der Waals surface area contributed by atoms with Gasteiger partial charge in [-0.05, 0) is 29.9 Å². The Hall–Kier alpha value is -1.55. The standard InChI is InChI=1S/C21H31N2O.BrH/c1-16(2)21(17(3)4)18(5)24-20(23-13-12-22(6)15-23)14-19-10-8-7-9-11-19;/h7-13,15-17,20H,14H2,1-6H3;1H/q+1;/p-1. The van der Waals surface area contributed by atoms with E-state index in [-0.39, 0.29) is 23.2 Å². The molecule has 138 valence electrons. The third kappa shape index (κ3) is 6.03. The van der Waals surface area contributed by atoms with Gasteiger partial charge in [-0.1, -0.05) is 58.0 Å². The van der Waals surface area contributed by atoms with Crippen LogP contribution in [0.15, 0.2) is 60.4 Å². The number of aromatic nitrogens is 2. The Morgan fingerprint density at radius 3 is 2.16 bits per heavy atom. The van der Waals surface area contributed by atoms with Crippen molar-refractivity contribution in [1.82, 2.24) is 4.57 Å². The summed E-state index contributed by atoms with van der Waals surface area (Å²) in [6.45, 7) is 11.1. The molecule has 3 nitrogen and oxygen atoms in total. The van der Waals surface area contributed by atoms with E-state index in [2.05, 4.69) is 82.0 Å². The summed E-state index contributed by atoms with van der Waals surface area (Å²) in [4.78, 5) is 0. The number of rotatable bonds is 7. The first-order valence-corrected chi connectivity index (χ1v) is 8.82. The zero-order valence-electron chi connectivity index (χ0n) is 16.2. The van der Waals surface area contributed by atoms with Gasteiger partial charge < -0.3 is 21.7 Å². The van der Waals surface area contributed by atoms with E-state index in [1.807, 2.05) is 17.8 Å². The summed E-state index contributed by atoms with van der Waals surface area (Å²) in [6, 6.07) is 10.5. The van der Waals surface area contributed by atoms with E-state index >= 15 is 0 Å². The van der Waals surface area contributed by atoms with Crippen LogP contribution in [-0.4, -0.2) is 4.57 Å². The molecule has 0 aliphatic carbocycles. The van der Waals surface area contributed by atoms with Crippen LogP contribution < -0.4 is 21.5 Å². The van der Waals surface area contributed by atoms with Crippen molar-refractivity contribution in [3.05, 3.63) is 65.9 Å². The highest BCUT2D eigenvalue weighted by Gasteiger charge is 2.22. The van der Waals surface area contributed by atoms with Crippen LogP contribution in [0.25, 0.3) is 0 Å². The minimum Gasteiger partial charge on any atom is -1.00 e. The van der Waals surface area contributed by atoms with E-state index in [9.17, 15) is 0 Å². The quantitative estimate of drug-likeness (QED) is 0.505. The third-order valence-corrected chi connectivity index (χ3v) is 4.34. The van der Waals surface area contributed by atoms with Gasteiger partial charge >= 0.3 is 0 Å². The van der Waals surface area contributed by atoms with Crippen molar-refractivity contribution in [1.29, 1.82) is 0 Å². The molecular weight excluding hydrogens is 376 g/mol. The first-order valence-electron chi connectivity index (χ1n) is 8.82. The zero-order valence-corrected chi connectivity index (χ0v) is 17.8. The topological polar surface area (TPSA) is 18.0 Å². The average molecular weight is 407 g/mol. The first kappa shape index (κ1) is 21.5. The van der Waals surface area contributed by atoms with E-state index in [1.54, 1.807) is 0 Å². The molecule has 0 fully saturated rings. The summed E-state index contributed by atoms with van der Waals surface area (Å²) >= 11 is 0. The lowest BCUT2D eigenvalue weighted by molar-refractivity contribution is -0.671. The van der Waals surface area contributed by atoms with Gasteiger partial charge in [0.2, 0.25) is 12.6 Å². The van der Waals surface area contributed by atoms with Gasteiger partial charge in [-0.3, -0.25) is 0 Å². The van der Waals surface area contributed by atoms with Gasteiger partial charge in [0, 0.05) is 0 Å². The Morgan fingerprint density at radius 2 is 1.68 bits per heavy atom. The molecule has 1 unspecified atom stereocenters. The number of allylic oxidation sites excluding steroid dienone is 2. The fourth-order valence-electron chi connectivity index (χ4n) is 3.42. The van der Waals surface area contributed by atoms with E-state index in [0.29, 0.717) is 11.8 Å². The Bertz CT molecular complexity index is 664. The summed E-state index contributed by atoms with van der Waals surface area (Å²) in [7, 11) is 2.03. The molecule has 1 atom stereocenters. The molecule has 0 aliphatic rings. The maximum Gasteiger partial charge on any atom is 0.246 e. The minimum absolute atomic E-state index is 0. The molecule has 4 heteroatoms. The highest BCUT2D eigenvalue weighted by Crippen LogP contribution is 2.27. The smallest absolute Gasteiger partial charge is 0.246 e. The Labute approximate surface area is 163 Å². The molecule has 1 aromatic carbocycles. The molecule has 2 rings (SSSR count).